The van der Waals surface area contributed by atoms with Gasteiger partial charge in [-0.25, -0.2) is 0 Å². The maximum Gasteiger partial charge on any atom is 0.121 e. The summed E-state index contributed by atoms with van der Waals surface area (Å²) in [6.07, 6.45) is 4.49. The minimum atomic E-state index is 0.656. The fraction of sp³-hybridized carbons (Fsp3) is 0.250. The van der Waals surface area contributed by atoms with Crippen LogP contribution in [0, 0.1) is 11.3 Å². The molecule has 1 aromatic heterocycles. The number of hydrogen-bond acceptors (Lipinski definition) is 4. The highest BCUT2D eigenvalue weighted by Crippen LogP contribution is 2.25. The van der Waals surface area contributed by atoms with E-state index in [1.807, 2.05) is 25.2 Å². The van der Waals surface area contributed by atoms with Crippen molar-refractivity contribution in [3.8, 4) is 11.8 Å². The van der Waals surface area contributed by atoms with Gasteiger partial charge in [0.1, 0.15) is 11.8 Å². The monoisotopic (exact) mass is 267 g/mol. The molecule has 0 spiro atoms. The lowest BCUT2D eigenvalue weighted by Crippen LogP contribution is -2.21. The molecule has 4 nitrogen and oxygen atoms in total. The minimum Gasteiger partial charge on any atom is -0.497 e. The predicted octanol–water partition coefficient (Wildman–Crippen LogP) is 2.64. The normalized spacial score (nSPS) is 9.85. The molecule has 2 aromatic rings. The van der Waals surface area contributed by atoms with Gasteiger partial charge in [-0.15, -0.1) is 0 Å². The Morgan fingerprint density at radius 2 is 2.00 bits per heavy atom. The molecule has 20 heavy (non-hydrogen) atoms. The third-order valence-corrected chi connectivity index (χ3v) is 3.22. The van der Waals surface area contributed by atoms with Crippen molar-refractivity contribution in [2.24, 2.45) is 0 Å². The van der Waals surface area contributed by atoms with Gasteiger partial charge >= 0.3 is 0 Å². The summed E-state index contributed by atoms with van der Waals surface area (Å²) in [4.78, 5) is 6.08. The van der Waals surface area contributed by atoms with Crippen molar-refractivity contribution in [2.45, 2.75) is 6.42 Å². The minimum absolute atomic E-state index is 0.656. The van der Waals surface area contributed by atoms with Crippen LogP contribution < -0.4 is 9.64 Å². The number of aromatic nitrogens is 1. The maximum absolute atomic E-state index is 9.19. The molecule has 0 saturated carbocycles. The molecule has 1 aromatic carbocycles. The number of methoxy groups -OCH3 is 1. The van der Waals surface area contributed by atoms with Crippen LogP contribution in [-0.2, 0) is 6.42 Å². The molecule has 1 heterocycles. The Morgan fingerprint density at radius 3 is 2.65 bits per heavy atom. The van der Waals surface area contributed by atoms with Gasteiger partial charge in [0.15, 0.2) is 0 Å². The van der Waals surface area contributed by atoms with E-state index in [2.05, 4.69) is 16.0 Å². The van der Waals surface area contributed by atoms with E-state index < -0.39 is 0 Å². The first-order valence-corrected chi connectivity index (χ1v) is 6.43. The number of pyridine rings is 1. The highest BCUT2D eigenvalue weighted by molar-refractivity contribution is 5.61. The highest BCUT2D eigenvalue weighted by Gasteiger charge is 2.09. The number of benzene rings is 1. The highest BCUT2D eigenvalue weighted by atomic mass is 16.5. The SMILES string of the molecule is COc1ccc(C#N)c(N(C)CCc2ccncc2)c1. The summed E-state index contributed by atoms with van der Waals surface area (Å²) in [6.45, 7) is 0.825. The van der Waals surface area contributed by atoms with Crippen LogP contribution in [0.25, 0.3) is 0 Å². The van der Waals surface area contributed by atoms with E-state index in [9.17, 15) is 5.26 Å². The summed E-state index contributed by atoms with van der Waals surface area (Å²) in [5, 5.41) is 9.19. The molecule has 0 aliphatic heterocycles. The quantitative estimate of drug-likeness (QED) is 0.835. The molecule has 0 bridgehead atoms. The Labute approximate surface area is 119 Å². The number of nitriles is 1. The van der Waals surface area contributed by atoms with Crippen LogP contribution in [0.15, 0.2) is 42.7 Å². The molecular formula is C16H17N3O. The number of ether oxygens (including phenoxy) is 1. The van der Waals surface area contributed by atoms with Gasteiger partial charge in [0.05, 0.1) is 18.4 Å². The van der Waals surface area contributed by atoms with Crippen LogP contribution in [0.3, 0.4) is 0 Å². The van der Waals surface area contributed by atoms with Crippen LogP contribution in [0.4, 0.5) is 5.69 Å². The number of likely N-dealkylation sites (N-methyl/N-ethyl adjacent to an activating group) is 1. The van der Waals surface area contributed by atoms with Crippen molar-refractivity contribution in [3.05, 3.63) is 53.9 Å². The summed E-state index contributed by atoms with van der Waals surface area (Å²) in [6, 6.07) is 11.7. The first-order valence-electron chi connectivity index (χ1n) is 6.43. The number of nitrogens with zero attached hydrogens (tertiary/aromatic N) is 3. The topological polar surface area (TPSA) is 49.1 Å². The summed E-state index contributed by atoms with van der Waals surface area (Å²) in [5.41, 5.74) is 2.78. The fourth-order valence-corrected chi connectivity index (χ4v) is 2.02. The molecule has 0 aliphatic rings. The van der Waals surface area contributed by atoms with E-state index >= 15 is 0 Å². The summed E-state index contributed by atoms with van der Waals surface area (Å²) in [5.74, 6) is 0.759. The van der Waals surface area contributed by atoms with Gasteiger partial charge in [0, 0.05) is 32.1 Å². The van der Waals surface area contributed by atoms with Crippen molar-refractivity contribution in [3.63, 3.8) is 0 Å². The lowest BCUT2D eigenvalue weighted by Gasteiger charge is -2.21. The zero-order valence-electron chi connectivity index (χ0n) is 11.7. The van der Waals surface area contributed by atoms with E-state index in [-0.39, 0.29) is 0 Å². The third-order valence-electron chi connectivity index (χ3n) is 3.22. The molecule has 4 heteroatoms. The van der Waals surface area contributed by atoms with Gasteiger partial charge in [-0.2, -0.15) is 5.26 Å². The Bertz CT molecular complexity index is 605. The lowest BCUT2D eigenvalue weighted by molar-refractivity contribution is 0.415. The van der Waals surface area contributed by atoms with Crippen LogP contribution >= 0.6 is 0 Å². The largest absolute Gasteiger partial charge is 0.497 e. The molecule has 0 atom stereocenters. The van der Waals surface area contributed by atoms with Gasteiger partial charge in [-0.3, -0.25) is 4.98 Å². The molecule has 0 aliphatic carbocycles. The second kappa shape index (κ2) is 6.58. The Hall–Kier alpha value is -2.54. The van der Waals surface area contributed by atoms with Crippen LogP contribution in [0.5, 0.6) is 5.75 Å². The van der Waals surface area contributed by atoms with E-state index in [0.29, 0.717) is 5.56 Å². The average molecular weight is 267 g/mol. The molecule has 0 amide bonds. The first-order chi connectivity index (χ1) is 9.74. The fourth-order valence-electron chi connectivity index (χ4n) is 2.02. The van der Waals surface area contributed by atoms with E-state index in [1.54, 1.807) is 31.6 Å². The van der Waals surface area contributed by atoms with Crippen molar-refractivity contribution in [2.75, 3.05) is 25.6 Å². The maximum atomic E-state index is 9.19. The molecule has 2 rings (SSSR count). The van der Waals surface area contributed by atoms with Crippen LogP contribution in [0.2, 0.25) is 0 Å². The number of hydrogen-bond donors (Lipinski definition) is 0. The van der Waals surface area contributed by atoms with Crippen LogP contribution in [-0.4, -0.2) is 25.7 Å². The van der Waals surface area contributed by atoms with E-state index in [1.165, 1.54) is 5.56 Å². The predicted molar refractivity (Wildman–Crippen MR) is 78.9 cm³/mol. The first kappa shape index (κ1) is 13.9. The standard InChI is InChI=1S/C16H17N3O/c1-19(10-7-13-5-8-18-9-6-13)16-11-15(20-2)4-3-14(16)12-17/h3-6,8-9,11H,7,10H2,1-2H3. The molecule has 0 unspecified atom stereocenters. The van der Waals surface area contributed by atoms with Crippen LogP contribution in [0.1, 0.15) is 11.1 Å². The van der Waals surface area contributed by atoms with Gasteiger partial charge in [0.2, 0.25) is 0 Å². The number of rotatable bonds is 5. The van der Waals surface area contributed by atoms with E-state index in [0.717, 1.165) is 24.4 Å². The molecule has 102 valence electrons. The third kappa shape index (κ3) is 3.27. The van der Waals surface area contributed by atoms with E-state index in [4.69, 9.17) is 4.74 Å². The second-order valence-electron chi connectivity index (χ2n) is 4.52. The zero-order chi connectivity index (χ0) is 14.4. The average Bonchev–Trinajstić information content (AvgIpc) is 2.52. The molecule has 0 radical (unpaired) electrons. The van der Waals surface area contributed by atoms with Gasteiger partial charge in [0.25, 0.3) is 0 Å². The summed E-state index contributed by atoms with van der Waals surface area (Å²) < 4.78 is 5.22. The van der Waals surface area contributed by atoms with Gasteiger partial charge < -0.3 is 9.64 Å². The van der Waals surface area contributed by atoms with Crippen molar-refractivity contribution in [1.82, 2.24) is 4.98 Å². The summed E-state index contributed by atoms with van der Waals surface area (Å²) in [7, 11) is 3.61. The van der Waals surface area contributed by atoms with Gasteiger partial charge in [-0.05, 0) is 36.2 Å². The molecule has 0 saturated heterocycles. The smallest absolute Gasteiger partial charge is 0.121 e. The Morgan fingerprint density at radius 1 is 1.25 bits per heavy atom. The zero-order valence-corrected chi connectivity index (χ0v) is 11.7. The van der Waals surface area contributed by atoms with Gasteiger partial charge in [-0.1, -0.05) is 0 Å². The number of anilines is 1. The Balaban J connectivity index is 2.12. The van der Waals surface area contributed by atoms with Crippen molar-refractivity contribution < 1.29 is 4.74 Å². The van der Waals surface area contributed by atoms with Crippen molar-refractivity contribution in [1.29, 1.82) is 5.26 Å². The Kier molecular flexibility index (Phi) is 4.56. The summed E-state index contributed by atoms with van der Waals surface area (Å²) >= 11 is 0. The molecular weight excluding hydrogens is 250 g/mol. The second-order valence-corrected chi connectivity index (χ2v) is 4.52. The van der Waals surface area contributed by atoms with Crippen molar-refractivity contribution >= 4 is 5.69 Å². The molecule has 0 fully saturated rings. The lowest BCUT2D eigenvalue weighted by atomic mass is 10.1. The molecule has 0 N–H and O–H groups in total.